The zero-order chi connectivity index (χ0) is 24.4. The summed E-state index contributed by atoms with van der Waals surface area (Å²) in [5.74, 6) is 1.17. The summed E-state index contributed by atoms with van der Waals surface area (Å²) in [6.07, 6.45) is 3.20. The molecule has 0 fully saturated rings. The molecule has 0 saturated carbocycles. The van der Waals surface area contributed by atoms with Gasteiger partial charge in [-0.3, -0.25) is 14.9 Å². The number of ether oxygens (including phenoxy) is 1. The molecular formula is C22H14Br3N5O4. The van der Waals surface area contributed by atoms with Crippen molar-refractivity contribution >= 4 is 70.6 Å². The van der Waals surface area contributed by atoms with Gasteiger partial charge in [0.2, 0.25) is 5.88 Å². The van der Waals surface area contributed by atoms with Gasteiger partial charge in [0.25, 0.3) is 11.2 Å². The zero-order valence-corrected chi connectivity index (χ0v) is 22.2. The van der Waals surface area contributed by atoms with Crippen molar-refractivity contribution in [2.45, 2.75) is 13.3 Å². The predicted octanol–water partition coefficient (Wildman–Crippen LogP) is 6.22. The summed E-state index contributed by atoms with van der Waals surface area (Å²) in [5.41, 5.74) is 0.908. The van der Waals surface area contributed by atoms with Gasteiger partial charge in [-0.15, -0.1) is 0 Å². The van der Waals surface area contributed by atoms with E-state index in [1.54, 1.807) is 30.5 Å². The van der Waals surface area contributed by atoms with Gasteiger partial charge in [0.05, 0.1) is 31.0 Å². The van der Waals surface area contributed by atoms with E-state index in [-0.39, 0.29) is 17.1 Å². The highest BCUT2D eigenvalue weighted by Gasteiger charge is 2.13. The fourth-order valence-corrected chi connectivity index (χ4v) is 4.81. The van der Waals surface area contributed by atoms with E-state index >= 15 is 0 Å². The molecule has 0 aliphatic carbocycles. The Morgan fingerprint density at radius 1 is 1.15 bits per heavy atom. The fraction of sp³-hybridized carbons (Fsp3) is 0.0909. The van der Waals surface area contributed by atoms with Crippen LogP contribution in [0.25, 0.3) is 10.9 Å². The van der Waals surface area contributed by atoms with Crippen molar-refractivity contribution in [2.24, 2.45) is 5.10 Å². The van der Waals surface area contributed by atoms with Crippen LogP contribution in [-0.4, -0.2) is 25.8 Å². The normalized spacial score (nSPS) is 11.3. The van der Waals surface area contributed by atoms with Gasteiger partial charge in [0, 0.05) is 23.0 Å². The number of fused-ring (bicyclic) bond motifs is 1. The second kappa shape index (κ2) is 10.1. The van der Waals surface area contributed by atoms with E-state index in [9.17, 15) is 14.9 Å². The highest BCUT2D eigenvalue weighted by molar-refractivity contribution is 9.11. The molecule has 0 unspecified atom stereocenters. The maximum absolute atomic E-state index is 13.0. The Labute approximate surface area is 218 Å². The Morgan fingerprint density at radius 2 is 1.88 bits per heavy atom. The van der Waals surface area contributed by atoms with E-state index in [1.165, 1.54) is 16.8 Å². The second-order valence-electron chi connectivity index (χ2n) is 6.93. The lowest BCUT2D eigenvalue weighted by Gasteiger charge is -2.10. The lowest BCUT2D eigenvalue weighted by Crippen LogP contribution is -2.22. The number of halogens is 3. The van der Waals surface area contributed by atoms with Crippen molar-refractivity contribution in [2.75, 3.05) is 0 Å². The van der Waals surface area contributed by atoms with E-state index in [1.807, 2.05) is 13.0 Å². The molecule has 34 heavy (non-hydrogen) atoms. The first-order valence-electron chi connectivity index (χ1n) is 9.79. The number of hydrogen-bond donors (Lipinski definition) is 0. The topological polar surface area (TPSA) is 113 Å². The summed E-state index contributed by atoms with van der Waals surface area (Å²) >= 11 is 10.3. The van der Waals surface area contributed by atoms with Crippen LogP contribution >= 0.6 is 47.8 Å². The number of rotatable bonds is 6. The van der Waals surface area contributed by atoms with Gasteiger partial charge in [0.15, 0.2) is 5.75 Å². The van der Waals surface area contributed by atoms with Crippen LogP contribution < -0.4 is 10.3 Å². The standard InChI is InChI=1S/C22H14Br3N5O4/c1-2-19-28-18-5-3-13(23)9-15(18)22(31)29(19)27-10-12-7-16(24)21(17(25)8-12)34-20-6-4-14(11-26-20)30(32)33/h3-11H,2H2,1H3. The molecule has 0 aliphatic rings. The summed E-state index contributed by atoms with van der Waals surface area (Å²) in [6.45, 7) is 1.91. The van der Waals surface area contributed by atoms with Crippen molar-refractivity contribution in [3.8, 4) is 11.6 Å². The summed E-state index contributed by atoms with van der Waals surface area (Å²) in [5, 5.41) is 15.6. The number of hydrogen-bond acceptors (Lipinski definition) is 7. The molecule has 0 atom stereocenters. The molecule has 12 heteroatoms. The Hall–Kier alpha value is -2.96. The van der Waals surface area contributed by atoms with E-state index in [0.717, 1.165) is 10.7 Å². The molecular weight excluding hydrogens is 638 g/mol. The fourth-order valence-electron chi connectivity index (χ4n) is 3.06. The van der Waals surface area contributed by atoms with Crippen LogP contribution in [0.15, 0.2) is 72.0 Å². The first-order valence-corrected chi connectivity index (χ1v) is 12.2. The molecule has 0 aliphatic heterocycles. The number of pyridine rings is 1. The molecule has 0 bridgehead atoms. The highest BCUT2D eigenvalue weighted by Crippen LogP contribution is 2.37. The molecule has 2 heterocycles. The molecule has 2 aromatic carbocycles. The van der Waals surface area contributed by atoms with Crippen LogP contribution in [-0.2, 0) is 6.42 Å². The molecule has 0 radical (unpaired) electrons. The Morgan fingerprint density at radius 3 is 2.50 bits per heavy atom. The highest BCUT2D eigenvalue weighted by atomic mass is 79.9. The molecule has 4 aromatic rings. The van der Waals surface area contributed by atoms with Crippen LogP contribution in [0.1, 0.15) is 18.3 Å². The summed E-state index contributed by atoms with van der Waals surface area (Å²) in [4.78, 5) is 31.8. The van der Waals surface area contributed by atoms with Crippen molar-refractivity contribution in [1.82, 2.24) is 14.6 Å². The number of benzene rings is 2. The molecule has 0 saturated heterocycles. The predicted molar refractivity (Wildman–Crippen MR) is 139 cm³/mol. The van der Waals surface area contributed by atoms with Crippen molar-refractivity contribution in [3.05, 3.63) is 93.9 Å². The third kappa shape index (κ3) is 5.08. The monoisotopic (exact) mass is 649 g/mol. The first-order chi connectivity index (χ1) is 16.3. The van der Waals surface area contributed by atoms with Crippen molar-refractivity contribution in [3.63, 3.8) is 0 Å². The maximum Gasteiger partial charge on any atom is 0.287 e. The molecule has 4 rings (SSSR count). The number of nitrogens with zero attached hydrogens (tertiary/aromatic N) is 5. The van der Waals surface area contributed by atoms with Crippen molar-refractivity contribution < 1.29 is 9.66 Å². The van der Waals surface area contributed by atoms with Crippen molar-refractivity contribution in [1.29, 1.82) is 0 Å². The van der Waals surface area contributed by atoms with E-state index in [0.29, 0.717) is 43.4 Å². The van der Waals surface area contributed by atoms with Crippen LogP contribution in [0.5, 0.6) is 11.6 Å². The average molecular weight is 652 g/mol. The first kappa shape index (κ1) is 24.2. The number of aryl methyl sites for hydroxylation is 1. The van der Waals surface area contributed by atoms with E-state index in [2.05, 4.69) is 62.9 Å². The van der Waals surface area contributed by atoms with Gasteiger partial charge in [-0.25, -0.2) is 9.97 Å². The SMILES string of the molecule is CCc1nc2ccc(Br)cc2c(=O)n1N=Cc1cc(Br)c(Oc2ccc([N+](=O)[O-])cn2)c(Br)c1. The zero-order valence-electron chi connectivity index (χ0n) is 17.4. The van der Waals surface area contributed by atoms with E-state index in [4.69, 9.17) is 4.74 Å². The summed E-state index contributed by atoms with van der Waals surface area (Å²) < 4.78 is 9.02. The Balaban J connectivity index is 1.66. The minimum atomic E-state index is -0.532. The third-order valence-corrected chi connectivity index (χ3v) is 6.34. The minimum absolute atomic E-state index is 0.130. The van der Waals surface area contributed by atoms with E-state index < -0.39 is 4.92 Å². The molecule has 0 amide bonds. The maximum atomic E-state index is 13.0. The van der Waals surface area contributed by atoms with Gasteiger partial charge < -0.3 is 4.74 Å². The Kier molecular flexibility index (Phi) is 7.19. The van der Waals surface area contributed by atoms with Gasteiger partial charge in [0.1, 0.15) is 12.0 Å². The molecule has 2 aromatic heterocycles. The van der Waals surface area contributed by atoms with Crippen LogP contribution in [0, 0.1) is 10.1 Å². The molecule has 0 N–H and O–H groups in total. The van der Waals surface area contributed by atoms with Gasteiger partial charge in [-0.2, -0.15) is 9.78 Å². The minimum Gasteiger partial charge on any atom is -0.437 e. The second-order valence-corrected chi connectivity index (χ2v) is 9.56. The van der Waals surface area contributed by atoms with Gasteiger partial charge >= 0.3 is 0 Å². The van der Waals surface area contributed by atoms with Crippen LogP contribution in [0.2, 0.25) is 0 Å². The lowest BCUT2D eigenvalue weighted by atomic mass is 10.2. The number of nitro groups is 1. The van der Waals surface area contributed by atoms with Gasteiger partial charge in [-0.05, 0) is 67.8 Å². The quantitative estimate of drug-likeness (QED) is 0.139. The summed E-state index contributed by atoms with van der Waals surface area (Å²) in [7, 11) is 0. The largest absolute Gasteiger partial charge is 0.437 e. The smallest absolute Gasteiger partial charge is 0.287 e. The molecule has 0 spiro atoms. The molecule has 172 valence electrons. The molecule has 9 nitrogen and oxygen atoms in total. The van der Waals surface area contributed by atoms with Crippen LogP contribution in [0.4, 0.5) is 5.69 Å². The Bertz CT molecular complexity index is 1480. The number of aromatic nitrogens is 3. The third-order valence-electron chi connectivity index (χ3n) is 4.67. The lowest BCUT2D eigenvalue weighted by molar-refractivity contribution is -0.385. The van der Waals surface area contributed by atoms with Gasteiger partial charge in [-0.1, -0.05) is 22.9 Å². The average Bonchev–Trinajstić information content (AvgIpc) is 2.81. The summed E-state index contributed by atoms with van der Waals surface area (Å²) in [6, 6.07) is 11.6. The van der Waals surface area contributed by atoms with Crippen LogP contribution in [0.3, 0.4) is 0 Å².